The number of carbonyl (C=O) groups is 3. The van der Waals surface area contributed by atoms with Gasteiger partial charge in [-0.3, -0.25) is 19.6 Å². The molecule has 6 rings (SSSR count). The van der Waals surface area contributed by atoms with Crippen LogP contribution < -0.4 is 5.32 Å². The third-order valence-electron chi connectivity index (χ3n) is 9.15. The maximum atomic E-state index is 14.0. The lowest BCUT2D eigenvalue weighted by Gasteiger charge is -2.38. The largest absolute Gasteiger partial charge is 0.468 e. The Morgan fingerprint density at radius 3 is 2.64 bits per heavy atom. The zero-order chi connectivity index (χ0) is 33.2. The highest BCUT2D eigenvalue weighted by molar-refractivity contribution is 7.11. The Bertz CT molecular complexity index is 1580. The summed E-state index contributed by atoms with van der Waals surface area (Å²) in [6.07, 6.45) is 2.16. The molecular weight excluding hydrogens is 653 g/mol. The van der Waals surface area contributed by atoms with Crippen molar-refractivity contribution in [2.24, 2.45) is 4.99 Å². The summed E-state index contributed by atoms with van der Waals surface area (Å²) in [6.45, 7) is 4.08. The van der Waals surface area contributed by atoms with E-state index in [0.29, 0.717) is 80.9 Å². The number of ether oxygens (including phenoxy) is 3. The number of esters is 2. The predicted octanol–water partition coefficient (Wildman–Crippen LogP) is 2.14. The SMILES string of the molecule is COCCN1C[C@@H](N2C[C@@H]3CN(CC4=C(C(=O)OC)[C@H](c5ccc(F)cc5Cl)N=C(c5nccs5)N4)CCN3C2=O)C[C@@H]1C(=O)OC. The summed E-state index contributed by atoms with van der Waals surface area (Å²) in [5.74, 6) is -0.928. The van der Waals surface area contributed by atoms with Crippen molar-refractivity contribution < 1.29 is 33.0 Å². The third kappa shape index (κ3) is 6.72. The number of benzene rings is 1. The fraction of sp³-hybridized carbons (Fsp3) is 0.516. The van der Waals surface area contributed by atoms with Crippen LogP contribution in [0.3, 0.4) is 0 Å². The Balaban J connectivity index is 1.23. The molecule has 47 heavy (non-hydrogen) atoms. The number of nitrogens with one attached hydrogen (secondary N) is 1. The number of amidine groups is 1. The average molecular weight is 690 g/mol. The number of piperazine rings is 1. The Kier molecular flexibility index (Phi) is 10.1. The van der Waals surface area contributed by atoms with E-state index in [0.717, 1.165) is 0 Å². The Morgan fingerprint density at radius 2 is 1.94 bits per heavy atom. The summed E-state index contributed by atoms with van der Waals surface area (Å²) in [6, 6.07) is 2.47. The van der Waals surface area contributed by atoms with Gasteiger partial charge in [0.05, 0.1) is 32.4 Å². The molecule has 4 aliphatic rings. The number of hydrogen-bond acceptors (Lipinski definition) is 12. The zero-order valence-electron chi connectivity index (χ0n) is 26.4. The van der Waals surface area contributed by atoms with E-state index in [1.54, 1.807) is 13.3 Å². The molecule has 3 saturated heterocycles. The molecule has 1 aromatic heterocycles. The monoisotopic (exact) mass is 689 g/mol. The van der Waals surface area contributed by atoms with Gasteiger partial charge in [-0.15, -0.1) is 11.3 Å². The van der Waals surface area contributed by atoms with Gasteiger partial charge in [-0.25, -0.2) is 19.0 Å². The number of fused-ring (bicyclic) bond motifs is 1. The van der Waals surface area contributed by atoms with Gasteiger partial charge in [-0.1, -0.05) is 17.7 Å². The lowest BCUT2D eigenvalue weighted by molar-refractivity contribution is -0.146. The van der Waals surface area contributed by atoms with Crippen LogP contribution >= 0.6 is 22.9 Å². The van der Waals surface area contributed by atoms with Crippen LogP contribution in [-0.2, 0) is 23.8 Å². The summed E-state index contributed by atoms with van der Waals surface area (Å²) in [5, 5.41) is 5.92. The first-order valence-corrected chi connectivity index (χ1v) is 16.6. The van der Waals surface area contributed by atoms with Crippen LogP contribution in [0.25, 0.3) is 0 Å². The number of likely N-dealkylation sites (tertiary alicyclic amines) is 1. The van der Waals surface area contributed by atoms with Gasteiger partial charge in [0.1, 0.15) is 17.9 Å². The number of hydrogen-bond donors (Lipinski definition) is 1. The molecule has 4 aliphatic heterocycles. The number of carbonyl (C=O) groups excluding carboxylic acids is 3. The van der Waals surface area contributed by atoms with E-state index in [1.165, 1.54) is 43.8 Å². The van der Waals surface area contributed by atoms with Gasteiger partial charge in [-0.05, 0) is 18.6 Å². The van der Waals surface area contributed by atoms with Crippen molar-refractivity contribution >= 4 is 46.7 Å². The molecule has 13 nitrogen and oxygen atoms in total. The molecule has 0 radical (unpaired) electrons. The molecule has 3 fully saturated rings. The quantitative estimate of drug-likeness (QED) is 0.371. The van der Waals surface area contributed by atoms with Crippen LogP contribution in [0.5, 0.6) is 0 Å². The number of halogens is 2. The minimum atomic E-state index is -0.860. The van der Waals surface area contributed by atoms with Gasteiger partial charge in [0.2, 0.25) is 0 Å². The molecule has 16 heteroatoms. The van der Waals surface area contributed by atoms with Gasteiger partial charge >= 0.3 is 18.0 Å². The van der Waals surface area contributed by atoms with Crippen molar-refractivity contribution in [1.29, 1.82) is 0 Å². The number of nitrogens with zero attached hydrogens (tertiary/aromatic N) is 6. The fourth-order valence-corrected chi connectivity index (χ4v) is 7.74. The van der Waals surface area contributed by atoms with Crippen LogP contribution in [0.1, 0.15) is 23.0 Å². The molecule has 2 amide bonds. The maximum absolute atomic E-state index is 14.0. The normalized spacial score (nSPS) is 25.1. The van der Waals surface area contributed by atoms with Crippen molar-refractivity contribution in [2.75, 3.05) is 73.7 Å². The highest BCUT2D eigenvalue weighted by atomic mass is 35.5. The van der Waals surface area contributed by atoms with Crippen LogP contribution in [0, 0.1) is 5.82 Å². The van der Waals surface area contributed by atoms with E-state index >= 15 is 0 Å². The van der Waals surface area contributed by atoms with Gasteiger partial charge < -0.3 is 29.3 Å². The second-order valence-corrected chi connectivity index (χ2v) is 13.1. The summed E-state index contributed by atoms with van der Waals surface area (Å²) in [4.78, 5) is 56.7. The molecule has 0 bridgehead atoms. The molecule has 5 heterocycles. The number of amides is 2. The molecule has 0 spiro atoms. The molecule has 2 aromatic rings. The number of methoxy groups -OCH3 is 3. The number of thiazole rings is 1. The van der Waals surface area contributed by atoms with E-state index < -0.39 is 23.9 Å². The van der Waals surface area contributed by atoms with Gasteiger partial charge in [0.15, 0.2) is 10.8 Å². The highest BCUT2D eigenvalue weighted by Gasteiger charge is 2.48. The third-order valence-corrected chi connectivity index (χ3v) is 10.3. The molecule has 0 aliphatic carbocycles. The summed E-state index contributed by atoms with van der Waals surface area (Å²) in [7, 11) is 4.30. The minimum Gasteiger partial charge on any atom is -0.468 e. The van der Waals surface area contributed by atoms with Crippen LogP contribution in [0.2, 0.25) is 5.02 Å². The highest BCUT2D eigenvalue weighted by Crippen LogP contribution is 2.37. The van der Waals surface area contributed by atoms with Gasteiger partial charge in [-0.2, -0.15) is 0 Å². The van der Waals surface area contributed by atoms with Gasteiger partial charge in [0, 0.05) is 86.8 Å². The topological polar surface area (TPSA) is 129 Å². The van der Waals surface area contributed by atoms with Crippen molar-refractivity contribution in [3.8, 4) is 0 Å². The Morgan fingerprint density at radius 1 is 1.11 bits per heavy atom. The molecular formula is C31H37ClFN7O6S. The molecule has 0 unspecified atom stereocenters. The Hall–Kier alpha value is -3.63. The predicted molar refractivity (Wildman–Crippen MR) is 172 cm³/mol. The number of rotatable bonds is 10. The van der Waals surface area contributed by atoms with E-state index in [2.05, 4.69) is 15.2 Å². The second-order valence-electron chi connectivity index (χ2n) is 11.8. The van der Waals surface area contributed by atoms with E-state index in [4.69, 9.17) is 30.8 Å². The van der Waals surface area contributed by atoms with E-state index in [9.17, 15) is 18.8 Å². The van der Waals surface area contributed by atoms with E-state index in [1.807, 2.05) is 20.1 Å². The number of aromatic nitrogens is 1. The zero-order valence-corrected chi connectivity index (χ0v) is 27.9. The van der Waals surface area contributed by atoms with Crippen LogP contribution in [0.4, 0.5) is 9.18 Å². The second kappa shape index (κ2) is 14.2. The lowest BCUT2D eigenvalue weighted by Crippen LogP contribution is -2.53. The summed E-state index contributed by atoms with van der Waals surface area (Å²) < 4.78 is 29.5. The van der Waals surface area contributed by atoms with Gasteiger partial charge in [0.25, 0.3) is 0 Å². The summed E-state index contributed by atoms with van der Waals surface area (Å²) >= 11 is 7.88. The van der Waals surface area contributed by atoms with Crippen molar-refractivity contribution in [2.45, 2.75) is 30.6 Å². The summed E-state index contributed by atoms with van der Waals surface area (Å²) in [5.41, 5.74) is 1.30. The molecule has 1 N–H and O–H groups in total. The standard InChI is InChI=1S/C31H37ClFN7O6S/c1-44-10-9-38-15-19(13-24(38)29(41)45-2)40-16-20-14-37(7-8-39(20)31(40)43)17-23-25(30(42)46-3)26(21-5-4-18(33)12-22(21)32)36-27(35-23)28-34-6-11-47-28/h4-6,11-12,19-20,24,26H,7-10,13-17H2,1-3H3,(H,35,36)/t19-,20-,24+,26-/m0/s1. The molecule has 1 aromatic carbocycles. The maximum Gasteiger partial charge on any atom is 0.338 e. The first-order valence-electron chi connectivity index (χ1n) is 15.3. The van der Waals surface area contributed by atoms with Crippen LogP contribution in [-0.4, -0.2) is 140 Å². The fourth-order valence-electron chi connectivity index (χ4n) is 6.88. The van der Waals surface area contributed by atoms with Crippen LogP contribution in [0.15, 0.2) is 46.0 Å². The average Bonchev–Trinajstić information content (AvgIpc) is 3.82. The number of urea groups is 1. The lowest BCUT2D eigenvalue weighted by atomic mass is 9.95. The van der Waals surface area contributed by atoms with Crippen molar-refractivity contribution in [3.63, 3.8) is 0 Å². The van der Waals surface area contributed by atoms with E-state index in [-0.39, 0.29) is 34.7 Å². The Labute approximate surface area is 280 Å². The first kappa shape index (κ1) is 33.3. The van der Waals surface area contributed by atoms with Crippen molar-refractivity contribution in [3.05, 3.63) is 62.5 Å². The number of aliphatic imine (C=N–C) groups is 1. The smallest absolute Gasteiger partial charge is 0.338 e. The van der Waals surface area contributed by atoms with Crippen molar-refractivity contribution in [1.82, 2.24) is 29.9 Å². The molecule has 252 valence electrons. The molecule has 4 atom stereocenters. The molecule has 0 saturated carbocycles. The minimum absolute atomic E-state index is 0.0358. The first-order chi connectivity index (χ1) is 22.7.